The molecule has 1 heterocycles. The summed E-state index contributed by atoms with van der Waals surface area (Å²) in [5.41, 5.74) is 1.14. The van der Waals surface area contributed by atoms with Gasteiger partial charge in [-0.25, -0.2) is 0 Å². The van der Waals surface area contributed by atoms with Gasteiger partial charge < -0.3 is 10.6 Å². The Kier molecular flexibility index (Phi) is 6.91. The molecule has 0 aromatic carbocycles. The van der Waals surface area contributed by atoms with Gasteiger partial charge in [-0.15, -0.1) is 0 Å². The van der Waals surface area contributed by atoms with Crippen LogP contribution in [0, 0.1) is 0 Å². The van der Waals surface area contributed by atoms with Crippen LogP contribution in [0.4, 0.5) is 0 Å². The highest BCUT2D eigenvalue weighted by atomic mass is 15.3. The molecule has 0 aliphatic carbocycles. The molecule has 102 valence electrons. The highest BCUT2D eigenvalue weighted by Gasteiger charge is 2.00. The van der Waals surface area contributed by atoms with Crippen molar-refractivity contribution in [2.45, 2.75) is 39.2 Å². The number of aryl methyl sites for hydroxylation is 1. The lowest BCUT2D eigenvalue weighted by molar-refractivity contribution is 0.642. The summed E-state index contributed by atoms with van der Waals surface area (Å²) in [7, 11) is 3.74. The molecule has 0 saturated heterocycles. The van der Waals surface area contributed by atoms with Gasteiger partial charge in [-0.3, -0.25) is 9.67 Å². The van der Waals surface area contributed by atoms with Crippen molar-refractivity contribution in [2.24, 2.45) is 12.0 Å². The Morgan fingerprint density at radius 1 is 1.33 bits per heavy atom. The molecule has 1 rings (SSSR count). The van der Waals surface area contributed by atoms with Crippen molar-refractivity contribution in [3.8, 4) is 0 Å². The smallest absolute Gasteiger partial charge is 0.191 e. The van der Waals surface area contributed by atoms with Gasteiger partial charge in [0.25, 0.3) is 0 Å². The second-order valence-corrected chi connectivity index (χ2v) is 4.36. The molecule has 0 spiro atoms. The summed E-state index contributed by atoms with van der Waals surface area (Å²) in [6.45, 7) is 3.94. The lowest BCUT2D eigenvalue weighted by Crippen LogP contribution is -2.37. The van der Waals surface area contributed by atoms with Gasteiger partial charge in [-0.05, 0) is 12.5 Å². The van der Waals surface area contributed by atoms with Crippen LogP contribution in [-0.2, 0) is 13.6 Å². The largest absolute Gasteiger partial charge is 0.356 e. The zero-order chi connectivity index (χ0) is 13.2. The molecule has 0 bridgehead atoms. The summed E-state index contributed by atoms with van der Waals surface area (Å²) in [5.74, 6) is 0.854. The van der Waals surface area contributed by atoms with Gasteiger partial charge >= 0.3 is 0 Å². The molecule has 0 fully saturated rings. The highest BCUT2D eigenvalue weighted by molar-refractivity contribution is 5.79. The van der Waals surface area contributed by atoms with Crippen LogP contribution in [0.1, 0.15) is 38.3 Å². The van der Waals surface area contributed by atoms with Gasteiger partial charge in [0.05, 0.1) is 12.2 Å². The maximum absolute atomic E-state index is 4.20. The van der Waals surface area contributed by atoms with Crippen molar-refractivity contribution >= 4 is 5.96 Å². The van der Waals surface area contributed by atoms with E-state index in [4.69, 9.17) is 0 Å². The average Bonchev–Trinajstić information content (AvgIpc) is 2.78. The molecule has 18 heavy (non-hydrogen) atoms. The van der Waals surface area contributed by atoms with Gasteiger partial charge in [0, 0.05) is 26.8 Å². The first-order chi connectivity index (χ1) is 8.77. The van der Waals surface area contributed by atoms with E-state index in [1.165, 1.54) is 25.7 Å². The summed E-state index contributed by atoms with van der Waals surface area (Å²) < 4.78 is 1.86. The Morgan fingerprint density at radius 2 is 2.17 bits per heavy atom. The van der Waals surface area contributed by atoms with Crippen molar-refractivity contribution in [3.05, 3.63) is 18.0 Å². The molecule has 5 heteroatoms. The summed E-state index contributed by atoms with van der Waals surface area (Å²) in [6.07, 6.45) is 6.86. The average molecular weight is 251 g/mol. The van der Waals surface area contributed by atoms with Crippen LogP contribution in [0.5, 0.6) is 0 Å². The quantitative estimate of drug-likeness (QED) is 0.440. The molecule has 0 amide bonds. The fourth-order valence-electron chi connectivity index (χ4n) is 1.73. The van der Waals surface area contributed by atoms with Crippen molar-refractivity contribution < 1.29 is 0 Å². The number of nitrogens with one attached hydrogen (secondary N) is 2. The molecule has 2 N–H and O–H groups in total. The monoisotopic (exact) mass is 251 g/mol. The van der Waals surface area contributed by atoms with E-state index in [2.05, 4.69) is 27.6 Å². The Hall–Kier alpha value is -1.52. The molecule has 0 aliphatic heterocycles. The van der Waals surface area contributed by atoms with Gasteiger partial charge in [-0.2, -0.15) is 5.10 Å². The third kappa shape index (κ3) is 5.21. The highest BCUT2D eigenvalue weighted by Crippen LogP contribution is 1.97. The third-order valence-corrected chi connectivity index (χ3v) is 2.91. The van der Waals surface area contributed by atoms with E-state index in [0.29, 0.717) is 0 Å². The molecule has 5 nitrogen and oxygen atoms in total. The third-order valence-electron chi connectivity index (χ3n) is 2.91. The second-order valence-electron chi connectivity index (χ2n) is 4.36. The Labute approximate surface area is 110 Å². The molecular formula is C13H25N5. The maximum Gasteiger partial charge on any atom is 0.191 e. The van der Waals surface area contributed by atoms with Crippen LogP contribution in [0.25, 0.3) is 0 Å². The summed E-state index contributed by atoms with van der Waals surface area (Å²) in [6, 6.07) is 2.00. The van der Waals surface area contributed by atoms with Crippen molar-refractivity contribution in [3.63, 3.8) is 0 Å². The number of nitrogens with zero attached hydrogens (tertiary/aromatic N) is 3. The van der Waals surface area contributed by atoms with Crippen molar-refractivity contribution in [1.29, 1.82) is 0 Å². The lowest BCUT2D eigenvalue weighted by Gasteiger charge is -2.11. The van der Waals surface area contributed by atoms with E-state index in [-0.39, 0.29) is 0 Å². The van der Waals surface area contributed by atoms with Crippen LogP contribution >= 0.6 is 0 Å². The molecule has 1 aromatic heterocycles. The number of hydrogen-bond acceptors (Lipinski definition) is 2. The SMILES string of the molecule is CCCCCCNC(=NC)NCc1ccnn1C. The van der Waals surface area contributed by atoms with E-state index < -0.39 is 0 Å². The summed E-state index contributed by atoms with van der Waals surface area (Å²) in [5, 5.41) is 10.7. The normalized spacial score (nSPS) is 11.6. The van der Waals surface area contributed by atoms with Gasteiger partial charge in [-0.1, -0.05) is 26.2 Å². The first-order valence-electron chi connectivity index (χ1n) is 6.69. The molecule has 0 atom stereocenters. The maximum atomic E-state index is 4.20. The fourth-order valence-corrected chi connectivity index (χ4v) is 1.73. The summed E-state index contributed by atoms with van der Waals surface area (Å²) in [4.78, 5) is 4.20. The Bertz CT molecular complexity index is 356. The van der Waals surface area contributed by atoms with E-state index in [0.717, 1.165) is 24.7 Å². The Balaban J connectivity index is 2.20. The topological polar surface area (TPSA) is 54.2 Å². The minimum atomic E-state index is 0.741. The number of aromatic nitrogens is 2. The molecule has 0 unspecified atom stereocenters. The number of aliphatic imine (C=N–C) groups is 1. The number of hydrogen-bond donors (Lipinski definition) is 2. The molecule has 0 aliphatic rings. The zero-order valence-electron chi connectivity index (χ0n) is 11.7. The van der Waals surface area contributed by atoms with Crippen LogP contribution in [0.15, 0.2) is 17.3 Å². The minimum absolute atomic E-state index is 0.741. The van der Waals surface area contributed by atoms with Gasteiger partial charge in [0.1, 0.15) is 0 Å². The van der Waals surface area contributed by atoms with Crippen molar-refractivity contribution in [2.75, 3.05) is 13.6 Å². The minimum Gasteiger partial charge on any atom is -0.356 e. The zero-order valence-corrected chi connectivity index (χ0v) is 11.7. The predicted molar refractivity (Wildman–Crippen MR) is 75.6 cm³/mol. The fraction of sp³-hybridized carbons (Fsp3) is 0.692. The number of guanidine groups is 1. The van der Waals surface area contributed by atoms with E-state index in [9.17, 15) is 0 Å². The van der Waals surface area contributed by atoms with E-state index in [1.54, 1.807) is 13.2 Å². The van der Waals surface area contributed by atoms with Crippen molar-refractivity contribution in [1.82, 2.24) is 20.4 Å². The lowest BCUT2D eigenvalue weighted by atomic mass is 10.2. The molecular weight excluding hydrogens is 226 g/mol. The second kappa shape index (κ2) is 8.55. The molecule has 0 saturated carbocycles. The standard InChI is InChI=1S/C13H25N5/c1-4-5-6-7-9-15-13(14-2)16-11-12-8-10-17-18(12)3/h8,10H,4-7,9,11H2,1-3H3,(H2,14,15,16). The first-order valence-corrected chi connectivity index (χ1v) is 6.69. The predicted octanol–water partition coefficient (Wildman–Crippen LogP) is 1.67. The molecule has 0 radical (unpaired) electrons. The molecule has 1 aromatic rings. The first kappa shape index (κ1) is 14.5. The van der Waals surface area contributed by atoms with E-state index >= 15 is 0 Å². The van der Waals surface area contributed by atoms with E-state index in [1.807, 2.05) is 17.8 Å². The summed E-state index contributed by atoms with van der Waals surface area (Å²) >= 11 is 0. The van der Waals surface area contributed by atoms with Crippen LogP contribution < -0.4 is 10.6 Å². The van der Waals surface area contributed by atoms with Crippen LogP contribution in [-0.4, -0.2) is 29.3 Å². The van der Waals surface area contributed by atoms with Gasteiger partial charge in [0.15, 0.2) is 5.96 Å². The number of rotatable bonds is 7. The van der Waals surface area contributed by atoms with Gasteiger partial charge in [0.2, 0.25) is 0 Å². The van der Waals surface area contributed by atoms with Crippen LogP contribution in [0.3, 0.4) is 0 Å². The number of unbranched alkanes of at least 4 members (excludes halogenated alkanes) is 3. The van der Waals surface area contributed by atoms with Crippen LogP contribution in [0.2, 0.25) is 0 Å². The Morgan fingerprint density at radius 3 is 2.78 bits per heavy atom.